The molecule has 0 aromatic carbocycles. The van der Waals surface area contributed by atoms with Crippen molar-refractivity contribution in [3.8, 4) is 0 Å². The Bertz CT molecular complexity index is 876. The third kappa shape index (κ3) is 4.12. The molecule has 1 saturated carbocycles. The van der Waals surface area contributed by atoms with E-state index in [-0.39, 0.29) is 11.9 Å². The van der Waals surface area contributed by atoms with E-state index in [1.807, 2.05) is 4.90 Å². The van der Waals surface area contributed by atoms with E-state index >= 15 is 0 Å². The average molecular weight is 398 g/mol. The van der Waals surface area contributed by atoms with Gasteiger partial charge in [-0.25, -0.2) is 9.97 Å². The molecule has 2 atom stereocenters. The smallest absolute Gasteiger partial charge is 0.257 e. The lowest BCUT2D eigenvalue weighted by atomic mass is 10.1. The van der Waals surface area contributed by atoms with Crippen LogP contribution in [0, 0.1) is 0 Å². The molecule has 0 unspecified atom stereocenters. The molecule has 2 aromatic heterocycles. The normalized spacial score (nSPS) is 20.4. The number of nitrogens with two attached hydrogens (primary N) is 1. The topological polar surface area (TPSA) is 93.2 Å². The second kappa shape index (κ2) is 8.10. The molecule has 2 N–H and O–H groups in total. The van der Waals surface area contributed by atoms with Crippen LogP contribution in [0.5, 0.6) is 0 Å². The molecule has 0 spiro atoms. The molecular weight excluding hydrogens is 366 g/mol. The number of hydrogen-bond acceptors (Lipinski definition) is 6. The van der Waals surface area contributed by atoms with Gasteiger partial charge in [0, 0.05) is 37.3 Å². The van der Waals surface area contributed by atoms with Gasteiger partial charge in [0.2, 0.25) is 0 Å². The van der Waals surface area contributed by atoms with Gasteiger partial charge in [-0.1, -0.05) is 6.92 Å². The summed E-state index contributed by atoms with van der Waals surface area (Å²) in [5, 5.41) is 4.59. The molecular formula is C21H31N7O. The Kier molecular flexibility index (Phi) is 5.54. The Hall–Kier alpha value is -2.48. The van der Waals surface area contributed by atoms with Gasteiger partial charge in [-0.2, -0.15) is 5.10 Å². The van der Waals surface area contributed by atoms with Crippen LogP contribution in [0.25, 0.3) is 0 Å². The first-order valence-electron chi connectivity index (χ1n) is 10.6. The first kappa shape index (κ1) is 19.8. The number of likely N-dealkylation sites (N-methyl/N-ethyl adjacent to an activating group) is 1. The minimum Gasteiger partial charge on any atom is -0.384 e. The third-order valence-electron chi connectivity index (χ3n) is 6.23. The Morgan fingerprint density at radius 2 is 2.17 bits per heavy atom. The lowest BCUT2D eigenvalue weighted by Crippen LogP contribution is -2.36. The van der Waals surface area contributed by atoms with Gasteiger partial charge in [-0.05, 0) is 45.7 Å². The molecule has 3 heterocycles. The lowest BCUT2D eigenvalue weighted by Gasteiger charge is -2.24. The summed E-state index contributed by atoms with van der Waals surface area (Å²) in [6.45, 7) is 6.44. The zero-order chi connectivity index (χ0) is 20.5. The maximum absolute atomic E-state index is 13.3. The maximum Gasteiger partial charge on any atom is 0.257 e. The van der Waals surface area contributed by atoms with Gasteiger partial charge in [0.1, 0.15) is 11.6 Å². The predicted octanol–water partition coefficient (Wildman–Crippen LogP) is 2.45. The van der Waals surface area contributed by atoms with Crippen LogP contribution in [0.3, 0.4) is 0 Å². The summed E-state index contributed by atoms with van der Waals surface area (Å²) in [6.07, 6.45) is 7.76. The van der Waals surface area contributed by atoms with Crippen LogP contribution < -0.4 is 5.73 Å². The van der Waals surface area contributed by atoms with E-state index in [0.717, 1.165) is 50.0 Å². The van der Waals surface area contributed by atoms with E-state index in [1.165, 1.54) is 0 Å². The molecule has 2 fully saturated rings. The maximum atomic E-state index is 13.3. The molecule has 8 nitrogen and oxygen atoms in total. The number of nitrogen functional groups attached to an aromatic ring is 1. The summed E-state index contributed by atoms with van der Waals surface area (Å²) < 4.78 is 2.09. The molecule has 1 amide bonds. The van der Waals surface area contributed by atoms with Crippen molar-refractivity contribution in [1.29, 1.82) is 0 Å². The summed E-state index contributed by atoms with van der Waals surface area (Å²) in [5.74, 6) is 1.81. The van der Waals surface area contributed by atoms with E-state index in [0.29, 0.717) is 30.1 Å². The fourth-order valence-electron chi connectivity index (χ4n) is 4.12. The summed E-state index contributed by atoms with van der Waals surface area (Å²) in [6, 6.07) is 2.30. The highest BCUT2D eigenvalue weighted by Crippen LogP contribution is 2.43. The van der Waals surface area contributed by atoms with E-state index < -0.39 is 0 Å². The zero-order valence-corrected chi connectivity index (χ0v) is 17.6. The van der Waals surface area contributed by atoms with Gasteiger partial charge < -0.3 is 10.6 Å². The largest absolute Gasteiger partial charge is 0.384 e. The Morgan fingerprint density at radius 3 is 2.86 bits per heavy atom. The molecule has 1 saturated heterocycles. The van der Waals surface area contributed by atoms with E-state index in [9.17, 15) is 4.79 Å². The second-order valence-electron chi connectivity index (χ2n) is 8.43. The standard InChI is InChI=1S/C21H31N7O/c1-4-14(2)28-20(15-5-6-15)17(11-24-28)21(29)27-10-8-16(12-27)26(3)13-19-23-9-7-18(22)25-19/h7,9,11,14-16H,4-6,8,10,12-13H2,1-3H3,(H2,22,23,25)/t14-,16-/m1/s1. The van der Waals surface area contributed by atoms with Gasteiger partial charge in [0.05, 0.1) is 24.0 Å². The minimum atomic E-state index is 0.123. The summed E-state index contributed by atoms with van der Waals surface area (Å²) in [5.41, 5.74) is 7.71. The molecule has 0 bridgehead atoms. The van der Waals surface area contributed by atoms with Crippen molar-refractivity contribution in [2.24, 2.45) is 0 Å². The van der Waals surface area contributed by atoms with Crippen LogP contribution in [0.4, 0.5) is 5.82 Å². The Labute approximate surface area is 172 Å². The number of carbonyl (C=O) groups excluding carboxylic acids is 1. The molecule has 2 aromatic rings. The van der Waals surface area contributed by atoms with Crippen molar-refractivity contribution >= 4 is 11.7 Å². The SMILES string of the molecule is CC[C@@H](C)n1ncc(C(=O)N2CC[C@@H](N(C)Cc3nccc(N)n3)C2)c1C1CC1. The quantitative estimate of drug-likeness (QED) is 0.771. The van der Waals surface area contributed by atoms with Crippen LogP contribution in [0.2, 0.25) is 0 Å². The fraction of sp³-hybridized carbons (Fsp3) is 0.619. The molecule has 156 valence electrons. The van der Waals surface area contributed by atoms with E-state index in [2.05, 4.69) is 45.5 Å². The number of aromatic nitrogens is 4. The van der Waals surface area contributed by atoms with Crippen LogP contribution >= 0.6 is 0 Å². The molecule has 4 rings (SSSR count). The van der Waals surface area contributed by atoms with Crippen molar-refractivity contribution in [3.63, 3.8) is 0 Å². The predicted molar refractivity (Wildman–Crippen MR) is 111 cm³/mol. The van der Waals surface area contributed by atoms with Crippen LogP contribution in [-0.2, 0) is 6.54 Å². The van der Waals surface area contributed by atoms with E-state index in [4.69, 9.17) is 5.73 Å². The molecule has 0 radical (unpaired) electrons. The molecule has 29 heavy (non-hydrogen) atoms. The summed E-state index contributed by atoms with van der Waals surface area (Å²) in [7, 11) is 2.06. The molecule has 8 heteroatoms. The highest BCUT2D eigenvalue weighted by Gasteiger charge is 2.36. The molecule has 1 aliphatic heterocycles. The highest BCUT2D eigenvalue weighted by atomic mass is 16.2. The number of amides is 1. The van der Waals surface area contributed by atoms with Crippen LogP contribution in [0.15, 0.2) is 18.5 Å². The molecule has 2 aliphatic rings. The number of likely N-dealkylation sites (tertiary alicyclic amines) is 1. The Morgan fingerprint density at radius 1 is 1.38 bits per heavy atom. The summed E-state index contributed by atoms with van der Waals surface area (Å²) >= 11 is 0. The van der Waals surface area contributed by atoms with Crippen molar-refractivity contribution in [2.45, 2.75) is 64.1 Å². The Balaban J connectivity index is 1.44. The van der Waals surface area contributed by atoms with Gasteiger partial charge in [-0.15, -0.1) is 0 Å². The monoisotopic (exact) mass is 397 g/mol. The van der Waals surface area contributed by atoms with Crippen LogP contribution in [0.1, 0.15) is 73.4 Å². The van der Waals surface area contributed by atoms with E-state index in [1.54, 1.807) is 18.5 Å². The van der Waals surface area contributed by atoms with Gasteiger partial charge in [0.15, 0.2) is 0 Å². The number of carbonyl (C=O) groups is 1. The van der Waals surface area contributed by atoms with Crippen molar-refractivity contribution in [2.75, 3.05) is 25.9 Å². The fourth-order valence-corrected chi connectivity index (χ4v) is 4.12. The van der Waals surface area contributed by atoms with Crippen molar-refractivity contribution in [1.82, 2.24) is 29.5 Å². The van der Waals surface area contributed by atoms with Gasteiger partial charge >= 0.3 is 0 Å². The van der Waals surface area contributed by atoms with Gasteiger partial charge in [0.25, 0.3) is 5.91 Å². The highest BCUT2D eigenvalue weighted by molar-refractivity contribution is 5.95. The average Bonchev–Trinajstić information content (AvgIpc) is 3.26. The second-order valence-corrected chi connectivity index (χ2v) is 8.43. The zero-order valence-electron chi connectivity index (χ0n) is 17.6. The van der Waals surface area contributed by atoms with Gasteiger partial charge in [-0.3, -0.25) is 14.4 Å². The third-order valence-corrected chi connectivity index (χ3v) is 6.23. The lowest BCUT2D eigenvalue weighted by molar-refractivity contribution is 0.0778. The number of rotatable bonds is 7. The number of nitrogens with zero attached hydrogens (tertiary/aromatic N) is 6. The van der Waals surface area contributed by atoms with Crippen LogP contribution in [-0.4, -0.2) is 61.6 Å². The van der Waals surface area contributed by atoms with Crippen molar-refractivity contribution in [3.05, 3.63) is 35.5 Å². The number of hydrogen-bond donors (Lipinski definition) is 1. The first-order chi connectivity index (χ1) is 14.0. The number of anilines is 1. The molecule has 1 aliphatic carbocycles. The first-order valence-corrected chi connectivity index (χ1v) is 10.6. The minimum absolute atomic E-state index is 0.123. The summed E-state index contributed by atoms with van der Waals surface area (Å²) in [4.78, 5) is 26.1. The van der Waals surface area contributed by atoms with Crippen molar-refractivity contribution < 1.29 is 4.79 Å².